The highest BCUT2D eigenvalue weighted by Gasteiger charge is 2.40. The van der Waals surface area contributed by atoms with E-state index in [-0.39, 0.29) is 5.54 Å². The maximum atomic E-state index is 3.85. The van der Waals surface area contributed by atoms with E-state index in [1.54, 1.807) is 0 Å². The summed E-state index contributed by atoms with van der Waals surface area (Å²) in [4.78, 5) is 0. The van der Waals surface area contributed by atoms with E-state index in [1.807, 2.05) is 0 Å². The Kier molecular flexibility index (Phi) is 8.19. The molecule has 1 aliphatic rings. The van der Waals surface area contributed by atoms with Crippen molar-refractivity contribution in [2.24, 2.45) is 5.41 Å². The molecule has 0 unspecified atom stereocenters. The van der Waals surface area contributed by atoms with E-state index in [9.17, 15) is 0 Å². The smallest absolute Gasteiger partial charge is 0.0194 e. The number of hydrogen-bond donors (Lipinski definition) is 1. The molecule has 132 valence electrons. The molecule has 2 heteroatoms. The third kappa shape index (κ3) is 6.67. The Bertz CT molecular complexity index is 304. The first-order valence-electron chi connectivity index (χ1n) is 9.55. The molecule has 1 saturated carbocycles. The molecule has 1 fully saturated rings. The van der Waals surface area contributed by atoms with Crippen molar-refractivity contribution in [2.45, 2.75) is 121 Å². The van der Waals surface area contributed by atoms with Gasteiger partial charge in [0.2, 0.25) is 0 Å². The molecule has 0 spiro atoms. The highest BCUT2D eigenvalue weighted by atomic mass is 127. The van der Waals surface area contributed by atoms with Crippen LogP contribution < -0.4 is 5.32 Å². The first-order valence-corrected chi connectivity index (χ1v) is 10.6. The van der Waals surface area contributed by atoms with Crippen molar-refractivity contribution in [1.29, 1.82) is 0 Å². The van der Waals surface area contributed by atoms with Crippen LogP contribution >= 0.6 is 22.6 Å². The van der Waals surface area contributed by atoms with E-state index in [2.05, 4.69) is 69.5 Å². The molecule has 0 aromatic carbocycles. The van der Waals surface area contributed by atoms with Crippen molar-refractivity contribution in [3.63, 3.8) is 0 Å². The Morgan fingerprint density at radius 3 is 1.64 bits per heavy atom. The minimum atomic E-state index is 0.225. The molecule has 0 aromatic rings. The summed E-state index contributed by atoms with van der Waals surface area (Å²) in [6, 6.07) is 0.563. The van der Waals surface area contributed by atoms with E-state index in [0.29, 0.717) is 14.9 Å². The van der Waals surface area contributed by atoms with Gasteiger partial charge in [-0.3, -0.25) is 0 Å². The summed E-state index contributed by atoms with van der Waals surface area (Å²) < 4.78 is 0.540. The van der Waals surface area contributed by atoms with Gasteiger partial charge in [0.05, 0.1) is 0 Å². The minimum Gasteiger partial charge on any atom is -0.309 e. The van der Waals surface area contributed by atoms with E-state index in [0.717, 1.165) is 0 Å². The quantitative estimate of drug-likeness (QED) is 0.387. The van der Waals surface area contributed by atoms with Crippen molar-refractivity contribution < 1.29 is 0 Å². The molecule has 22 heavy (non-hydrogen) atoms. The van der Waals surface area contributed by atoms with Gasteiger partial charge >= 0.3 is 0 Å². The van der Waals surface area contributed by atoms with E-state index in [1.165, 1.54) is 64.2 Å². The maximum absolute atomic E-state index is 3.85. The van der Waals surface area contributed by atoms with Crippen LogP contribution in [0.15, 0.2) is 0 Å². The molecule has 0 heterocycles. The monoisotopic (exact) mass is 421 g/mol. The fourth-order valence-corrected chi connectivity index (χ4v) is 4.90. The maximum Gasteiger partial charge on any atom is 0.0194 e. The van der Waals surface area contributed by atoms with E-state index < -0.39 is 0 Å². The Labute approximate surface area is 153 Å². The molecule has 1 N–H and O–H groups in total. The molecule has 0 bridgehead atoms. The lowest BCUT2D eigenvalue weighted by Crippen LogP contribution is -2.55. The number of hydrogen-bond acceptors (Lipinski definition) is 1. The Hall–Kier alpha value is 0.690. The van der Waals surface area contributed by atoms with Gasteiger partial charge in [-0.1, -0.05) is 88.8 Å². The van der Waals surface area contributed by atoms with E-state index >= 15 is 0 Å². The standard InChI is InChI=1S/C20H40IN/c1-17(2)22-18(3,4)19(5)13-9-7-11-15-20(6,21)16-12-8-10-14-19/h17,22H,7-16H2,1-6H3. The van der Waals surface area contributed by atoms with Gasteiger partial charge in [-0.05, 0) is 44.9 Å². The van der Waals surface area contributed by atoms with Gasteiger partial charge in [0.25, 0.3) is 0 Å². The first kappa shape index (κ1) is 20.7. The van der Waals surface area contributed by atoms with Gasteiger partial charge in [0, 0.05) is 15.0 Å². The number of halogens is 1. The zero-order valence-electron chi connectivity index (χ0n) is 16.0. The summed E-state index contributed by atoms with van der Waals surface area (Å²) in [6.07, 6.45) is 14.0. The normalized spacial score (nSPS) is 33.3. The van der Waals surface area contributed by atoms with Gasteiger partial charge in [0.1, 0.15) is 0 Å². The second-order valence-corrected chi connectivity index (χ2v) is 11.6. The van der Waals surface area contributed by atoms with Gasteiger partial charge in [-0.2, -0.15) is 0 Å². The molecule has 0 saturated heterocycles. The topological polar surface area (TPSA) is 12.0 Å². The second kappa shape index (κ2) is 8.69. The molecular formula is C20H40IN. The number of alkyl halides is 1. The van der Waals surface area contributed by atoms with Crippen LogP contribution in [-0.4, -0.2) is 15.0 Å². The van der Waals surface area contributed by atoms with Crippen molar-refractivity contribution >= 4 is 22.6 Å². The Morgan fingerprint density at radius 2 is 1.23 bits per heavy atom. The fraction of sp³-hybridized carbons (Fsp3) is 1.00. The summed E-state index contributed by atoms with van der Waals surface area (Å²) in [5, 5.41) is 3.85. The molecule has 1 aliphatic carbocycles. The van der Waals surface area contributed by atoms with Crippen LogP contribution in [0.3, 0.4) is 0 Å². The third-order valence-corrected chi connectivity index (χ3v) is 7.09. The molecule has 0 radical (unpaired) electrons. The molecule has 0 aliphatic heterocycles. The molecule has 0 aromatic heterocycles. The molecule has 0 amide bonds. The summed E-state index contributed by atoms with van der Waals surface area (Å²) in [6.45, 7) is 14.4. The summed E-state index contributed by atoms with van der Waals surface area (Å²) in [5.41, 5.74) is 0.646. The van der Waals surface area contributed by atoms with E-state index in [4.69, 9.17) is 0 Å². The summed E-state index contributed by atoms with van der Waals surface area (Å²) in [7, 11) is 0. The zero-order chi connectivity index (χ0) is 16.9. The first-order chi connectivity index (χ1) is 10.1. The predicted octanol–water partition coefficient (Wildman–Crippen LogP) is 6.88. The van der Waals surface area contributed by atoms with Gasteiger partial charge in [-0.25, -0.2) is 0 Å². The molecular weight excluding hydrogens is 381 g/mol. The highest BCUT2D eigenvalue weighted by Crippen LogP contribution is 2.42. The van der Waals surface area contributed by atoms with Gasteiger partial charge in [0.15, 0.2) is 0 Å². The predicted molar refractivity (Wildman–Crippen MR) is 109 cm³/mol. The largest absolute Gasteiger partial charge is 0.309 e. The SMILES string of the molecule is CC(C)NC(C)(C)C1(C)CCCCCC(C)(I)CCCCC1. The summed E-state index contributed by atoms with van der Waals surface area (Å²) in [5.74, 6) is 0. The lowest BCUT2D eigenvalue weighted by Gasteiger charge is -2.47. The average Bonchev–Trinajstić information content (AvgIpc) is 2.34. The van der Waals surface area contributed by atoms with Crippen LogP contribution in [-0.2, 0) is 0 Å². The summed E-state index contributed by atoms with van der Waals surface area (Å²) >= 11 is 2.71. The second-order valence-electron chi connectivity index (χ2n) is 9.02. The Morgan fingerprint density at radius 1 is 0.818 bits per heavy atom. The molecule has 0 atom stereocenters. The van der Waals surface area contributed by atoms with Gasteiger partial charge in [-0.15, -0.1) is 0 Å². The van der Waals surface area contributed by atoms with Crippen LogP contribution in [0.5, 0.6) is 0 Å². The highest BCUT2D eigenvalue weighted by molar-refractivity contribution is 14.1. The third-order valence-electron chi connectivity index (χ3n) is 6.01. The van der Waals surface area contributed by atoms with Crippen molar-refractivity contribution in [3.05, 3.63) is 0 Å². The lowest BCUT2D eigenvalue weighted by atomic mass is 9.66. The lowest BCUT2D eigenvalue weighted by molar-refractivity contribution is 0.0917. The van der Waals surface area contributed by atoms with Crippen LogP contribution in [0.2, 0.25) is 0 Å². The number of rotatable bonds is 3. The molecule has 1 nitrogen and oxygen atoms in total. The van der Waals surface area contributed by atoms with Crippen LogP contribution in [0.4, 0.5) is 0 Å². The van der Waals surface area contributed by atoms with Crippen LogP contribution in [0.25, 0.3) is 0 Å². The van der Waals surface area contributed by atoms with Crippen molar-refractivity contribution in [3.8, 4) is 0 Å². The minimum absolute atomic E-state index is 0.225. The zero-order valence-corrected chi connectivity index (χ0v) is 18.2. The molecule has 1 rings (SSSR count). The Balaban J connectivity index is 2.71. The van der Waals surface area contributed by atoms with Crippen LogP contribution in [0, 0.1) is 5.41 Å². The number of nitrogens with one attached hydrogen (secondary N) is 1. The fourth-order valence-electron chi connectivity index (χ4n) is 4.14. The van der Waals surface area contributed by atoms with Gasteiger partial charge < -0.3 is 5.32 Å². The average molecular weight is 421 g/mol. The van der Waals surface area contributed by atoms with Crippen molar-refractivity contribution in [2.75, 3.05) is 0 Å². The van der Waals surface area contributed by atoms with Crippen molar-refractivity contribution in [1.82, 2.24) is 5.32 Å². The van der Waals surface area contributed by atoms with Crippen LogP contribution in [0.1, 0.15) is 106 Å².